The second-order valence-electron chi connectivity index (χ2n) is 9.18. The number of nitrogen functional groups attached to an aromatic ring is 1. The van der Waals surface area contributed by atoms with Gasteiger partial charge in [0, 0.05) is 11.7 Å². The van der Waals surface area contributed by atoms with Gasteiger partial charge in [-0.2, -0.15) is 0 Å². The van der Waals surface area contributed by atoms with Crippen LogP contribution in [0.15, 0.2) is 18.2 Å². The molecule has 1 aliphatic carbocycles. The molecule has 0 aromatic heterocycles. The zero-order chi connectivity index (χ0) is 18.8. The summed E-state index contributed by atoms with van der Waals surface area (Å²) in [4.78, 5) is 11.9. The molecular formula is C20H33N3O2. The van der Waals surface area contributed by atoms with Gasteiger partial charge in [-0.1, -0.05) is 20.8 Å². The van der Waals surface area contributed by atoms with Gasteiger partial charge in [0.1, 0.15) is 5.60 Å². The van der Waals surface area contributed by atoms with Gasteiger partial charge < -0.3 is 15.8 Å². The van der Waals surface area contributed by atoms with Gasteiger partial charge in [-0.05, 0) is 69.6 Å². The number of nitrogens with two attached hydrogens (primary N) is 1. The van der Waals surface area contributed by atoms with Crippen molar-refractivity contribution in [3.63, 3.8) is 0 Å². The smallest absolute Gasteiger partial charge is 0.412 e. The molecule has 0 saturated heterocycles. The van der Waals surface area contributed by atoms with Gasteiger partial charge in [0.2, 0.25) is 0 Å². The first kappa shape index (κ1) is 19.4. The molecule has 1 saturated carbocycles. The van der Waals surface area contributed by atoms with E-state index in [1.54, 1.807) is 6.07 Å². The first-order chi connectivity index (χ1) is 11.4. The van der Waals surface area contributed by atoms with E-state index in [1.807, 2.05) is 32.9 Å². The number of nitrogens with one attached hydrogen (secondary N) is 2. The van der Waals surface area contributed by atoms with E-state index in [2.05, 4.69) is 31.4 Å². The third kappa shape index (κ3) is 6.15. The highest BCUT2D eigenvalue weighted by Crippen LogP contribution is 2.40. The minimum atomic E-state index is -0.526. The summed E-state index contributed by atoms with van der Waals surface area (Å²) < 4.78 is 5.26. The Morgan fingerprint density at radius 3 is 2.52 bits per heavy atom. The highest BCUT2D eigenvalue weighted by molar-refractivity contribution is 5.87. The first-order valence-electron chi connectivity index (χ1n) is 9.10. The summed E-state index contributed by atoms with van der Waals surface area (Å²) in [5.74, 6) is 0.704. The molecule has 2 rings (SSSR count). The average Bonchev–Trinajstić information content (AvgIpc) is 2.37. The Bertz CT molecular complexity index is 620. The number of hydrogen-bond donors (Lipinski definition) is 3. The van der Waals surface area contributed by atoms with Crippen molar-refractivity contribution in [2.45, 2.75) is 72.4 Å². The molecule has 0 aliphatic heterocycles. The molecule has 25 heavy (non-hydrogen) atoms. The van der Waals surface area contributed by atoms with Crippen molar-refractivity contribution in [1.29, 1.82) is 0 Å². The Labute approximate surface area is 151 Å². The van der Waals surface area contributed by atoms with Crippen molar-refractivity contribution in [2.75, 3.05) is 16.4 Å². The summed E-state index contributed by atoms with van der Waals surface area (Å²) in [7, 11) is 0. The molecule has 0 bridgehead atoms. The predicted octanol–water partition coefficient (Wildman–Crippen LogP) is 5.24. The van der Waals surface area contributed by atoms with Crippen molar-refractivity contribution < 1.29 is 9.53 Å². The third-order valence-electron chi connectivity index (χ3n) is 4.44. The molecule has 4 N–H and O–H groups in total. The van der Waals surface area contributed by atoms with Gasteiger partial charge >= 0.3 is 6.09 Å². The largest absolute Gasteiger partial charge is 0.444 e. The quantitative estimate of drug-likeness (QED) is 0.653. The Hall–Kier alpha value is -1.91. The van der Waals surface area contributed by atoms with Crippen LogP contribution in [0.5, 0.6) is 0 Å². The Kier molecular flexibility index (Phi) is 5.55. The van der Waals surface area contributed by atoms with Gasteiger partial charge in [-0.15, -0.1) is 0 Å². The fourth-order valence-electron chi connectivity index (χ4n) is 3.87. The SMILES string of the molecule is C[C@@H]1C[C@H](Nc2ccc(NC(=O)OC(C)(C)C)cc2N)CC(C)(C)C1. The summed E-state index contributed by atoms with van der Waals surface area (Å²) in [6.45, 7) is 12.5. The second kappa shape index (κ2) is 7.14. The van der Waals surface area contributed by atoms with E-state index in [9.17, 15) is 4.79 Å². The highest BCUT2D eigenvalue weighted by atomic mass is 16.6. The number of carbonyl (C=O) groups is 1. The lowest BCUT2D eigenvalue weighted by atomic mass is 9.70. The van der Waals surface area contributed by atoms with Crippen LogP contribution in [0.3, 0.4) is 0 Å². The lowest BCUT2D eigenvalue weighted by Crippen LogP contribution is -2.35. The zero-order valence-electron chi connectivity index (χ0n) is 16.4. The number of amides is 1. The minimum Gasteiger partial charge on any atom is -0.444 e. The van der Waals surface area contributed by atoms with Crippen molar-refractivity contribution in [1.82, 2.24) is 0 Å². The van der Waals surface area contributed by atoms with Crippen molar-refractivity contribution >= 4 is 23.2 Å². The van der Waals surface area contributed by atoms with Gasteiger partial charge in [0.15, 0.2) is 0 Å². The van der Waals surface area contributed by atoms with E-state index in [1.165, 1.54) is 6.42 Å². The standard InChI is InChI=1S/C20H33N3O2/c1-13-9-15(12-20(5,6)11-13)22-17-8-7-14(10-16(17)21)23-18(24)25-19(2,3)4/h7-8,10,13,15,22H,9,11-12,21H2,1-6H3,(H,23,24)/t13-,15+/m1/s1. The van der Waals surface area contributed by atoms with E-state index in [0.717, 1.165) is 18.5 Å². The summed E-state index contributed by atoms with van der Waals surface area (Å²) in [6.07, 6.45) is 3.07. The van der Waals surface area contributed by atoms with Crippen molar-refractivity contribution in [3.05, 3.63) is 18.2 Å². The number of carbonyl (C=O) groups excluding carboxylic acids is 1. The molecule has 0 unspecified atom stereocenters. The second-order valence-corrected chi connectivity index (χ2v) is 9.18. The topological polar surface area (TPSA) is 76.4 Å². The summed E-state index contributed by atoms with van der Waals surface area (Å²) >= 11 is 0. The molecule has 0 spiro atoms. The van der Waals surface area contributed by atoms with Crippen LogP contribution < -0.4 is 16.4 Å². The fraction of sp³-hybridized carbons (Fsp3) is 0.650. The number of rotatable bonds is 3. The van der Waals surface area contributed by atoms with Crippen LogP contribution >= 0.6 is 0 Å². The minimum absolute atomic E-state index is 0.350. The van der Waals surface area contributed by atoms with Gasteiger partial charge in [0.05, 0.1) is 11.4 Å². The van der Waals surface area contributed by atoms with Crippen LogP contribution in [0.2, 0.25) is 0 Å². The number of anilines is 3. The lowest BCUT2D eigenvalue weighted by Gasteiger charge is -2.39. The summed E-state index contributed by atoms with van der Waals surface area (Å²) in [6, 6.07) is 5.96. The van der Waals surface area contributed by atoms with E-state index in [0.29, 0.717) is 28.7 Å². The zero-order valence-corrected chi connectivity index (χ0v) is 16.4. The van der Waals surface area contributed by atoms with E-state index in [-0.39, 0.29) is 0 Å². The number of benzene rings is 1. The van der Waals surface area contributed by atoms with Crippen LogP contribution in [0, 0.1) is 11.3 Å². The van der Waals surface area contributed by atoms with E-state index >= 15 is 0 Å². The van der Waals surface area contributed by atoms with Crippen LogP contribution in [0.1, 0.15) is 60.8 Å². The molecule has 1 aliphatic rings. The monoisotopic (exact) mass is 347 g/mol. The van der Waals surface area contributed by atoms with E-state index in [4.69, 9.17) is 10.5 Å². The van der Waals surface area contributed by atoms with Crippen molar-refractivity contribution in [3.8, 4) is 0 Å². The third-order valence-corrected chi connectivity index (χ3v) is 4.44. The molecule has 1 aromatic rings. The molecule has 1 aromatic carbocycles. The van der Waals surface area contributed by atoms with E-state index < -0.39 is 11.7 Å². The normalized spacial score (nSPS) is 23.0. The highest BCUT2D eigenvalue weighted by Gasteiger charge is 2.32. The summed E-state index contributed by atoms with van der Waals surface area (Å²) in [5, 5.41) is 6.31. The maximum Gasteiger partial charge on any atom is 0.412 e. The van der Waals surface area contributed by atoms with Crippen LogP contribution in [0.4, 0.5) is 21.9 Å². The van der Waals surface area contributed by atoms with Gasteiger partial charge in [-0.3, -0.25) is 5.32 Å². The molecule has 1 amide bonds. The number of hydrogen-bond acceptors (Lipinski definition) is 4. The molecule has 5 nitrogen and oxygen atoms in total. The predicted molar refractivity (Wildman–Crippen MR) is 105 cm³/mol. The Balaban J connectivity index is 2.01. The Morgan fingerprint density at radius 2 is 1.96 bits per heavy atom. The molecule has 5 heteroatoms. The molecule has 140 valence electrons. The first-order valence-corrected chi connectivity index (χ1v) is 9.10. The van der Waals surface area contributed by atoms with Crippen LogP contribution in [0.25, 0.3) is 0 Å². The lowest BCUT2D eigenvalue weighted by molar-refractivity contribution is 0.0636. The van der Waals surface area contributed by atoms with Crippen molar-refractivity contribution in [2.24, 2.45) is 11.3 Å². The molecular weight excluding hydrogens is 314 g/mol. The van der Waals surface area contributed by atoms with Crippen LogP contribution in [-0.4, -0.2) is 17.7 Å². The molecule has 1 fully saturated rings. The van der Waals surface area contributed by atoms with Crippen LogP contribution in [-0.2, 0) is 4.74 Å². The summed E-state index contributed by atoms with van der Waals surface area (Å²) in [5.41, 5.74) is 8.20. The Morgan fingerprint density at radius 1 is 1.28 bits per heavy atom. The molecule has 2 atom stereocenters. The molecule has 0 radical (unpaired) electrons. The molecule has 0 heterocycles. The maximum absolute atomic E-state index is 11.9. The maximum atomic E-state index is 11.9. The number of ether oxygens (including phenoxy) is 1. The van der Waals surface area contributed by atoms with Gasteiger partial charge in [0.25, 0.3) is 0 Å². The average molecular weight is 348 g/mol. The fourth-order valence-corrected chi connectivity index (χ4v) is 3.87. The van der Waals surface area contributed by atoms with Gasteiger partial charge in [-0.25, -0.2) is 4.79 Å².